The molecule has 0 saturated carbocycles. The molecule has 0 saturated heterocycles. The van der Waals surface area contributed by atoms with Gasteiger partial charge >= 0.3 is 5.97 Å². The van der Waals surface area contributed by atoms with E-state index in [-0.39, 0.29) is 10.8 Å². The predicted octanol–water partition coefficient (Wildman–Crippen LogP) is 6.79. The molecule has 0 radical (unpaired) electrons. The Kier molecular flexibility index (Phi) is 7.41. The van der Waals surface area contributed by atoms with Crippen molar-refractivity contribution >= 4 is 5.97 Å². The SMILES string of the molecule is C=CC(=O)Oc1c(Cc2cc(CC)cc(C(C)(C)C)c2O)cc(CC)cc1C(C)(C)C. The normalized spacial score (nSPS) is 12.0. The summed E-state index contributed by atoms with van der Waals surface area (Å²) in [4.78, 5) is 12.2. The number of rotatable bonds is 6. The minimum absolute atomic E-state index is 0.177. The first-order valence-corrected chi connectivity index (χ1v) is 11.2. The van der Waals surface area contributed by atoms with Crippen molar-refractivity contribution in [2.75, 3.05) is 0 Å². The monoisotopic (exact) mass is 422 g/mol. The standard InChI is InChI=1S/C28H38O3/c1-10-18-13-20(25(30)22(15-18)27(4,5)6)17-21-14-19(11-2)16-23(28(7,8)9)26(21)31-24(29)12-3/h12-16,30H,3,10-11,17H2,1-2,4-9H3. The molecule has 31 heavy (non-hydrogen) atoms. The maximum Gasteiger partial charge on any atom is 0.335 e. The van der Waals surface area contributed by atoms with Crippen LogP contribution in [0, 0.1) is 0 Å². The number of phenolic OH excluding ortho intramolecular Hbond substituents is 1. The van der Waals surface area contributed by atoms with E-state index in [0.29, 0.717) is 17.9 Å². The molecule has 0 amide bonds. The van der Waals surface area contributed by atoms with E-state index in [4.69, 9.17) is 4.74 Å². The van der Waals surface area contributed by atoms with Gasteiger partial charge in [-0.15, -0.1) is 0 Å². The minimum Gasteiger partial charge on any atom is -0.507 e. The van der Waals surface area contributed by atoms with Crippen molar-refractivity contribution in [1.29, 1.82) is 0 Å². The highest BCUT2D eigenvalue weighted by atomic mass is 16.5. The van der Waals surface area contributed by atoms with E-state index in [9.17, 15) is 9.90 Å². The van der Waals surface area contributed by atoms with Gasteiger partial charge in [0.15, 0.2) is 0 Å². The molecule has 0 fully saturated rings. The number of benzene rings is 2. The first kappa shape index (κ1) is 24.7. The van der Waals surface area contributed by atoms with E-state index in [0.717, 1.165) is 35.1 Å². The Morgan fingerprint density at radius 2 is 1.39 bits per heavy atom. The van der Waals surface area contributed by atoms with Crippen molar-refractivity contribution in [2.45, 2.75) is 85.5 Å². The van der Waals surface area contributed by atoms with E-state index in [2.05, 4.69) is 86.2 Å². The molecule has 0 aliphatic carbocycles. The summed E-state index contributed by atoms with van der Waals surface area (Å²) >= 11 is 0. The predicted molar refractivity (Wildman–Crippen MR) is 129 cm³/mol. The Morgan fingerprint density at radius 1 is 0.903 bits per heavy atom. The number of aryl methyl sites for hydroxylation is 2. The van der Waals surface area contributed by atoms with Crippen molar-refractivity contribution in [3.05, 3.63) is 70.3 Å². The average Bonchev–Trinajstić information content (AvgIpc) is 2.68. The maximum absolute atomic E-state index is 12.2. The van der Waals surface area contributed by atoms with Gasteiger partial charge in [0.1, 0.15) is 11.5 Å². The first-order chi connectivity index (χ1) is 14.3. The molecule has 0 heterocycles. The second-order valence-corrected chi connectivity index (χ2v) is 10.3. The Bertz CT molecular complexity index is 969. The van der Waals surface area contributed by atoms with E-state index in [1.54, 1.807) is 0 Å². The number of carbonyl (C=O) groups is 1. The second-order valence-electron chi connectivity index (χ2n) is 10.3. The molecule has 2 aromatic carbocycles. The number of phenols is 1. The molecule has 0 unspecified atom stereocenters. The molecule has 2 aromatic rings. The molecule has 168 valence electrons. The summed E-state index contributed by atoms with van der Waals surface area (Å²) < 4.78 is 5.78. The van der Waals surface area contributed by atoms with Gasteiger partial charge in [0.2, 0.25) is 0 Å². The largest absolute Gasteiger partial charge is 0.507 e. The quantitative estimate of drug-likeness (QED) is 0.316. The number of esters is 1. The second kappa shape index (κ2) is 9.30. The summed E-state index contributed by atoms with van der Waals surface area (Å²) in [7, 11) is 0. The van der Waals surface area contributed by atoms with Crippen LogP contribution in [0.15, 0.2) is 36.9 Å². The third kappa shape index (κ3) is 5.78. The highest BCUT2D eigenvalue weighted by Crippen LogP contribution is 2.40. The fourth-order valence-electron chi connectivity index (χ4n) is 3.79. The van der Waals surface area contributed by atoms with E-state index < -0.39 is 5.97 Å². The summed E-state index contributed by atoms with van der Waals surface area (Å²) in [5.74, 6) is 0.427. The third-order valence-electron chi connectivity index (χ3n) is 5.66. The molecule has 0 aliphatic rings. The van der Waals surface area contributed by atoms with Crippen LogP contribution in [0.3, 0.4) is 0 Å². The van der Waals surface area contributed by atoms with Gasteiger partial charge in [0.05, 0.1) is 0 Å². The highest BCUT2D eigenvalue weighted by Gasteiger charge is 2.26. The molecule has 0 atom stereocenters. The summed E-state index contributed by atoms with van der Waals surface area (Å²) in [5.41, 5.74) is 5.67. The average molecular weight is 423 g/mol. The van der Waals surface area contributed by atoms with Gasteiger partial charge in [-0.05, 0) is 45.9 Å². The molecule has 3 heteroatoms. The number of ether oxygens (including phenoxy) is 1. The summed E-state index contributed by atoms with van der Waals surface area (Å²) in [6.45, 7) is 20.5. The number of aromatic hydroxyl groups is 1. The van der Waals surface area contributed by atoms with Gasteiger partial charge in [0.25, 0.3) is 0 Å². The molecule has 0 bridgehead atoms. The van der Waals surface area contributed by atoms with Crippen LogP contribution < -0.4 is 4.74 Å². The van der Waals surface area contributed by atoms with Crippen molar-refractivity contribution < 1.29 is 14.6 Å². The number of hydrogen-bond donors (Lipinski definition) is 1. The molecule has 2 rings (SSSR count). The lowest BCUT2D eigenvalue weighted by Gasteiger charge is -2.26. The smallest absolute Gasteiger partial charge is 0.335 e. The zero-order chi connectivity index (χ0) is 23.6. The minimum atomic E-state index is -0.474. The van der Waals surface area contributed by atoms with E-state index in [1.165, 1.54) is 17.2 Å². The Morgan fingerprint density at radius 3 is 1.84 bits per heavy atom. The zero-order valence-electron chi connectivity index (χ0n) is 20.5. The first-order valence-electron chi connectivity index (χ1n) is 11.2. The van der Waals surface area contributed by atoms with Gasteiger partial charge in [-0.2, -0.15) is 0 Å². The number of hydrogen-bond acceptors (Lipinski definition) is 3. The van der Waals surface area contributed by atoms with Crippen LogP contribution in [0.25, 0.3) is 0 Å². The lowest BCUT2D eigenvalue weighted by Crippen LogP contribution is -2.18. The highest BCUT2D eigenvalue weighted by molar-refractivity contribution is 5.84. The molecule has 0 aliphatic heterocycles. The third-order valence-corrected chi connectivity index (χ3v) is 5.66. The molecule has 0 spiro atoms. The molecule has 3 nitrogen and oxygen atoms in total. The van der Waals surface area contributed by atoms with Crippen molar-refractivity contribution in [3.63, 3.8) is 0 Å². The molecule has 1 N–H and O–H groups in total. The number of carbonyl (C=O) groups excluding carboxylic acids is 1. The van der Waals surface area contributed by atoms with Gasteiger partial charge in [-0.3, -0.25) is 0 Å². The topological polar surface area (TPSA) is 46.5 Å². The molecular weight excluding hydrogens is 384 g/mol. The maximum atomic E-state index is 12.2. The van der Waals surface area contributed by atoms with Crippen LogP contribution in [0.2, 0.25) is 0 Å². The fraction of sp³-hybridized carbons (Fsp3) is 0.464. The van der Waals surface area contributed by atoms with Gasteiger partial charge in [-0.1, -0.05) is 86.2 Å². The zero-order valence-corrected chi connectivity index (χ0v) is 20.5. The molecule has 0 aromatic heterocycles. The van der Waals surface area contributed by atoms with Crippen LogP contribution in [-0.4, -0.2) is 11.1 Å². The van der Waals surface area contributed by atoms with E-state index >= 15 is 0 Å². The van der Waals surface area contributed by atoms with Crippen LogP contribution in [0.5, 0.6) is 11.5 Å². The van der Waals surface area contributed by atoms with Crippen molar-refractivity contribution in [3.8, 4) is 11.5 Å². The van der Waals surface area contributed by atoms with Crippen LogP contribution in [-0.2, 0) is 34.9 Å². The lowest BCUT2D eigenvalue weighted by atomic mass is 9.81. The van der Waals surface area contributed by atoms with Gasteiger partial charge < -0.3 is 9.84 Å². The molecular formula is C28H38O3. The van der Waals surface area contributed by atoms with Gasteiger partial charge in [0, 0.05) is 23.6 Å². The Balaban J connectivity index is 2.76. The van der Waals surface area contributed by atoms with Crippen LogP contribution in [0.1, 0.15) is 88.8 Å². The van der Waals surface area contributed by atoms with Crippen LogP contribution in [0.4, 0.5) is 0 Å². The fourth-order valence-corrected chi connectivity index (χ4v) is 3.79. The van der Waals surface area contributed by atoms with Crippen molar-refractivity contribution in [2.24, 2.45) is 0 Å². The van der Waals surface area contributed by atoms with Crippen molar-refractivity contribution in [1.82, 2.24) is 0 Å². The Labute approximate surface area is 188 Å². The Hall–Kier alpha value is -2.55. The summed E-state index contributed by atoms with van der Waals surface area (Å²) in [6.07, 6.45) is 3.44. The summed E-state index contributed by atoms with van der Waals surface area (Å²) in [6, 6.07) is 8.38. The summed E-state index contributed by atoms with van der Waals surface area (Å²) in [5, 5.41) is 11.2. The van der Waals surface area contributed by atoms with Crippen LogP contribution >= 0.6 is 0 Å². The van der Waals surface area contributed by atoms with Gasteiger partial charge in [-0.25, -0.2) is 4.79 Å². The lowest BCUT2D eigenvalue weighted by molar-refractivity contribution is -0.129. The van der Waals surface area contributed by atoms with E-state index in [1.807, 2.05) is 0 Å².